The number of benzene rings is 1. The van der Waals surface area contributed by atoms with Gasteiger partial charge in [-0.2, -0.15) is 10.1 Å². The molecule has 118 valence electrons. The van der Waals surface area contributed by atoms with E-state index in [1.165, 1.54) is 7.11 Å². The van der Waals surface area contributed by atoms with Crippen molar-refractivity contribution in [3.8, 4) is 0 Å². The lowest BCUT2D eigenvalue weighted by molar-refractivity contribution is -0.139. The van der Waals surface area contributed by atoms with Crippen LogP contribution in [0.5, 0.6) is 0 Å². The second kappa shape index (κ2) is 6.21. The van der Waals surface area contributed by atoms with Gasteiger partial charge in [-0.1, -0.05) is 23.7 Å². The number of ether oxygens (including phenoxy) is 1. The summed E-state index contributed by atoms with van der Waals surface area (Å²) in [4.78, 5) is 20.0. The van der Waals surface area contributed by atoms with Crippen LogP contribution in [0.3, 0.4) is 0 Å². The van der Waals surface area contributed by atoms with Crippen molar-refractivity contribution in [2.24, 2.45) is 7.05 Å². The fraction of sp³-hybridized carbons (Fsp3) is 0.200. The fourth-order valence-electron chi connectivity index (χ4n) is 2.19. The molecule has 0 spiro atoms. The van der Waals surface area contributed by atoms with E-state index in [-0.39, 0.29) is 12.4 Å². The minimum absolute atomic E-state index is 0.212. The second-order valence-electron chi connectivity index (χ2n) is 4.92. The van der Waals surface area contributed by atoms with E-state index in [1.807, 2.05) is 24.3 Å². The number of carbonyl (C=O) groups excluding carboxylic acids is 1. The molecule has 2 heterocycles. The number of halogens is 1. The van der Waals surface area contributed by atoms with Gasteiger partial charge in [-0.25, -0.2) is 9.67 Å². The highest BCUT2D eigenvalue weighted by molar-refractivity contribution is 6.34. The van der Waals surface area contributed by atoms with Gasteiger partial charge < -0.3 is 10.1 Å². The van der Waals surface area contributed by atoms with Crippen LogP contribution in [-0.2, 0) is 23.0 Å². The van der Waals surface area contributed by atoms with Gasteiger partial charge in [0.2, 0.25) is 5.95 Å². The Morgan fingerprint density at radius 2 is 2.26 bits per heavy atom. The van der Waals surface area contributed by atoms with Crippen molar-refractivity contribution in [3.63, 3.8) is 0 Å². The lowest BCUT2D eigenvalue weighted by atomic mass is 10.1. The Morgan fingerprint density at radius 1 is 1.43 bits per heavy atom. The van der Waals surface area contributed by atoms with Crippen LogP contribution < -0.4 is 5.32 Å². The molecule has 0 saturated carbocycles. The average Bonchev–Trinajstić information content (AvgIpc) is 2.82. The molecule has 0 aliphatic heterocycles. The van der Waals surface area contributed by atoms with Gasteiger partial charge in [-0.15, -0.1) is 0 Å². The summed E-state index contributed by atoms with van der Waals surface area (Å²) in [7, 11) is 3.13. The van der Waals surface area contributed by atoms with Crippen LogP contribution in [0.15, 0.2) is 30.5 Å². The Bertz CT molecular complexity index is 877. The topological polar surface area (TPSA) is 81.9 Å². The van der Waals surface area contributed by atoms with Gasteiger partial charge >= 0.3 is 5.97 Å². The summed E-state index contributed by atoms with van der Waals surface area (Å²) in [5, 5.41) is 8.26. The van der Waals surface area contributed by atoms with Crippen LogP contribution in [0.25, 0.3) is 11.0 Å². The third-order valence-corrected chi connectivity index (χ3v) is 3.57. The average molecular weight is 332 g/mol. The quantitative estimate of drug-likeness (QED) is 0.740. The van der Waals surface area contributed by atoms with Crippen LogP contribution in [0.4, 0.5) is 11.6 Å². The molecule has 0 unspecified atom stereocenters. The molecular formula is C15H14ClN5O2. The first-order chi connectivity index (χ1) is 11.1. The summed E-state index contributed by atoms with van der Waals surface area (Å²) in [6, 6.07) is 7.42. The van der Waals surface area contributed by atoms with Crippen molar-refractivity contribution >= 4 is 40.2 Å². The number of anilines is 2. The maximum Gasteiger partial charge on any atom is 0.309 e. The third-order valence-electron chi connectivity index (χ3n) is 3.29. The van der Waals surface area contributed by atoms with Crippen LogP contribution >= 0.6 is 11.6 Å². The zero-order valence-electron chi connectivity index (χ0n) is 12.6. The number of methoxy groups -OCH3 is 1. The molecule has 23 heavy (non-hydrogen) atoms. The summed E-state index contributed by atoms with van der Waals surface area (Å²) in [5.74, 6) is 0.136. The molecule has 0 atom stereocenters. The first-order valence-corrected chi connectivity index (χ1v) is 7.22. The molecule has 7 nitrogen and oxygen atoms in total. The Labute approximate surface area is 137 Å². The van der Waals surface area contributed by atoms with Crippen LogP contribution in [-0.4, -0.2) is 32.8 Å². The number of nitrogens with one attached hydrogen (secondary N) is 1. The zero-order valence-corrected chi connectivity index (χ0v) is 13.3. The Balaban J connectivity index is 1.85. The number of hydrogen-bond donors (Lipinski definition) is 1. The van der Waals surface area contributed by atoms with Gasteiger partial charge in [0.15, 0.2) is 10.8 Å². The van der Waals surface area contributed by atoms with E-state index < -0.39 is 0 Å². The number of hydrogen-bond acceptors (Lipinski definition) is 6. The maximum atomic E-state index is 11.3. The number of carbonyl (C=O) groups is 1. The van der Waals surface area contributed by atoms with E-state index >= 15 is 0 Å². The Morgan fingerprint density at radius 3 is 3.04 bits per heavy atom. The first-order valence-electron chi connectivity index (χ1n) is 6.85. The maximum absolute atomic E-state index is 11.3. The molecule has 8 heteroatoms. The zero-order chi connectivity index (χ0) is 16.4. The normalized spacial score (nSPS) is 10.7. The van der Waals surface area contributed by atoms with Crippen molar-refractivity contribution in [2.75, 3.05) is 12.4 Å². The standard InChI is InChI=1S/C15H14ClN5O2/c1-21-14-11(13(16)20-21)8-17-15(19-14)18-10-5-3-4-9(6-10)7-12(22)23-2/h3-6,8H,7H2,1-2H3,(H,17,18,19). The first kappa shape index (κ1) is 15.2. The molecule has 0 bridgehead atoms. The summed E-state index contributed by atoms with van der Waals surface area (Å²) in [6.07, 6.45) is 1.83. The second-order valence-corrected chi connectivity index (χ2v) is 5.28. The molecule has 0 radical (unpaired) electrons. The van der Waals surface area contributed by atoms with Gasteiger partial charge in [0.25, 0.3) is 0 Å². The molecule has 0 aliphatic carbocycles. The van der Waals surface area contributed by atoms with Gasteiger partial charge in [-0.3, -0.25) is 4.79 Å². The van der Waals surface area contributed by atoms with E-state index in [0.29, 0.717) is 22.1 Å². The largest absolute Gasteiger partial charge is 0.469 e. The van der Waals surface area contributed by atoms with Crippen LogP contribution in [0, 0.1) is 0 Å². The number of aromatic nitrogens is 4. The molecule has 1 N–H and O–H groups in total. The van der Waals surface area contributed by atoms with Crippen molar-refractivity contribution in [2.45, 2.75) is 6.42 Å². The molecule has 0 amide bonds. The van der Waals surface area contributed by atoms with Gasteiger partial charge in [0, 0.05) is 18.9 Å². The number of rotatable bonds is 4. The van der Waals surface area contributed by atoms with Gasteiger partial charge in [0.05, 0.1) is 18.9 Å². The van der Waals surface area contributed by atoms with Gasteiger partial charge in [0.1, 0.15) is 0 Å². The summed E-state index contributed by atoms with van der Waals surface area (Å²) in [5.41, 5.74) is 2.25. The lowest BCUT2D eigenvalue weighted by Crippen LogP contribution is -2.05. The smallest absolute Gasteiger partial charge is 0.309 e. The minimum Gasteiger partial charge on any atom is -0.469 e. The third kappa shape index (κ3) is 3.24. The Hall–Kier alpha value is -2.67. The van der Waals surface area contributed by atoms with Crippen LogP contribution in [0.1, 0.15) is 5.56 Å². The number of aryl methyl sites for hydroxylation is 1. The predicted octanol–water partition coefficient (Wildman–Crippen LogP) is 2.48. The highest BCUT2D eigenvalue weighted by Gasteiger charge is 2.10. The summed E-state index contributed by atoms with van der Waals surface area (Å²) >= 11 is 6.00. The van der Waals surface area contributed by atoms with E-state index in [4.69, 9.17) is 11.6 Å². The molecule has 3 rings (SSSR count). The summed E-state index contributed by atoms with van der Waals surface area (Å²) < 4.78 is 6.27. The summed E-state index contributed by atoms with van der Waals surface area (Å²) in [6.45, 7) is 0. The van der Waals surface area contributed by atoms with E-state index in [2.05, 4.69) is 25.1 Å². The van der Waals surface area contributed by atoms with Crippen molar-refractivity contribution in [3.05, 3.63) is 41.2 Å². The molecular weight excluding hydrogens is 318 g/mol. The monoisotopic (exact) mass is 331 g/mol. The van der Waals surface area contributed by atoms with Crippen molar-refractivity contribution in [1.82, 2.24) is 19.7 Å². The highest BCUT2D eigenvalue weighted by atomic mass is 35.5. The lowest BCUT2D eigenvalue weighted by Gasteiger charge is -2.07. The molecule has 3 aromatic rings. The minimum atomic E-state index is -0.288. The molecule has 2 aromatic heterocycles. The number of esters is 1. The van der Waals surface area contributed by atoms with E-state index in [0.717, 1.165) is 11.3 Å². The predicted molar refractivity (Wildman–Crippen MR) is 86.8 cm³/mol. The van der Waals surface area contributed by atoms with E-state index in [9.17, 15) is 4.79 Å². The number of fused-ring (bicyclic) bond motifs is 1. The molecule has 0 aliphatic rings. The van der Waals surface area contributed by atoms with Crippen molar-refractivity contribution in [1.29, 1.82) is 0 Å². The molecule has 1 aromatic carbocycles. The molecule has 0 fully saturated rings. The number of nitrogens with zero attached hydrogens (tertiary/aromatic N) is 4. The SMILES string of the molecule is COC(=O)Cc1cccc(Nc2ncc3c(Cl)nn(C)c3n2)c1. The Kier molecular flexibility index (Phi) is 4.12. The fourth-order valence-corrected chi connectivity index (χ4v) is 2.43. The van der Waals surface area contributed by atoms with Crippen molar-refractivity contribution < 1.29 is 9.53 Å². The van der Waals surface area contributed by atoms with Crippen LogP contribution in [0.2, 0.25) is 5.15 Å². The highest BCUT2D eigenvalue weighted by Crippen LogP contribution is 2.22. The van der Waals surface area contributed by atoms with Gasteiger partial charge in [-0.05, 0) is 17.7 Å². The van der Waals surface area contributed by atoms with E-state index in [1.54, 1.807) is 17.9 Å². The molecule has 0 saturated heterocycles.